The Labute approximate surface area is 216 Å². The molecule has 198 valence electrons. The Morgan fingerprint density at radius 2 is 1.69 bits per heavy atom. The van der Waals surface area contributed by atoms with Crippen LogP contribution in [0.2, 0.25) is 5.02 Å². The van der Waals surface area contributed by atoms with Crippen LogP contribution in [0.15, 0.2) is 42.6 Å². The average Bonchev–Trinajstić information content (AvgIpc) is 2.85. The molecular formula is C26H35ClF3N5O. The molecule has 2 saturated heterocycles. The van der Waals surface area contributed by atoms with Gasteiger partial charge in [-0.2, -0.15) is 13.2 Å². The topological polar surface area (TPSA) is 51.7 Å². The number of piperidine rings is 1. The van der Waals surface area contributed by atoms with Crippen molar-refractivity contribution in [3.8, 4) is 0 Å². The van der Waals surface area contributed by atoms with Crippen molar-refractivity contribution in [2.24, 2.45) is 0 Å². The number of aromatic nitrogens is 1. The van der Waals surface area contributed by atoms with Gasteiger partial charge in [0.1, 0.15) is 5.82 Å². The van der Waals surface area contributed by atoms with E-state index in [1.165, 1.54) is 6.07 Å². The van der Waals surface area contributed by atoms with Gasteiger partial charge in [-0.05, 0) is 50.1 Å². The molecule has 2 aliphatic heterocycles. The Morgan fingerprint density at radius 1 is 1.00 bits per heavy atom. The van der Waals surface area contributed by atoms with Crippen molar-refractivity contribution in [3.05, 3.63) is 53.2 Å². The lowest BCUT2D eigenvalue weighted by Crippen LogP contribution is -2.47. The van der Waals surface area contributed by atoms with Crippen molar-refractivity contribution >= 4 is 29.0 Å². The first-order chi connectivity index (χ1) is 16.8. The fraction of sp³-hybridized carbons (Fsp3) is 0.538. The van der Waals surface area contributed by atoms with E-state index in [0.717, 1.165) is 75.0 Å². The number of carbonyl (C=O) groups excluding carboxylic acids is 1. The van der Waals surface area contributed by atoms with Crippen LogP contribution in [0.25, 0.3) is 0 Å². The van der Waals surface area contributed by atoms with E-state index in [2.05, 4.69) is 20.1 Å². The molecule has 0 spiro atoms. The number of pyridine rings is 1. The molecule has 4 rings (SSSR count). The van der Waals surface area contributed by atoms with Gasteiger partial charge in [0.2, 0.25) is 5.91 Å². The van der Waals surface area contributed by atoms with Crippen LogP contribution in [0.5, 0.6) is 0 Å². The van der Waals surface area contributed by atoms with Gasteiger partial charge in [0.15, 0.2) is 0 Å². The van der Waals surface area contributed by atoms with Gasteiger partial charge >= 0.3 is 6.18 Å². The maximum atomic E-state index is 12.7. The molecule has 2 aromatic rings. The number of nitrogens with one attached hydrogen (secondary N) is 1. The third-order valence-corrected chi connectivity index (χ3v) is 7.02. The van der Waals surface area contributed by atoms with E-state index in [0.29, 0.717) is 25.3 Å². The van der Waals surface area contributed by atoms with Gasteiger partial charge in [-0.3, -0.25) is 9.69 Å². The molecule has 36 heavy (non-hydrogen) atoms. The molecule has 1 aromatic carbocycles. The van der Waals surface area contributed by atoms with Crippen LogP contribution < -0.4 is 15.1 Å². The largest absolute Gasteiger partial charge is 0.417 e. The molecular weight excluding hydrogens is 491 g/mol. The zero-order valence-corrected chi connectivity index (χ0v) is 20.4. The minimum Gasteiger partial charge on any atom is -0.368 e. The van der Waals surface area contributed by atoms with Crippen molar-refractivity contribution in [2.45, 2.75) is 45.3 Å². The maximum absolute atomic E-state index is 12.7. The smallest absolute Gasteiger partial charge is 0.368 e. The second-order valence-electron chi connectivity index (χ2n) is 9.12. The van der Waals surface area contributed by atoms with Crippen LogP contribution in [0.3, 0.4) is 0 Å². The number of amides is 1. The summed E-state index contributed by atoms with van der Waals surface area (Å²) in [5.74, 6) is 0.600. The van der Waals surface area contributed by atoms with E-state index in [1.54, 1.807) is 0 Å². The molecule has 3 heterocycles. The molecule has 0 radical (unpaired) electrons. The summed E-state index contributed by atoms with van der Waals surface area (Å²) in [6.45, 7) is 5.93. The molecule has 0 saturated carbocycles. The molecule has 0 atom stereocenters. The number of rotatable bonds is 7. The van der Waals surface area contributed by atoms with Gasteiger partial charge in [0.25, 0.3) is 0 Å². The molecule has 0 bridgehead atoms. The zero-order valence-electron chi connectivity index (χ0n) is 19.6. The van der Waals surface area contributed by atoms with Crippen LogP contribution in [0.4, 0.5) is 24.7 Å². The molecule has 0 unspecified atom stereocenters. The van der Waals surface area contributed by atoms with Crippen LogP contribution in [-0.2, 0) is 11.0 Å². The number of benzene rings is 1. The maximum Gasteiger partial charge on any atom is 0.417 e. The number of nitrogens with zero attached hydrogens (tertiary/aromatic N) is 4. The Morgan fingerprint density at radius 3 is 2.31 bits per heavy atom. The molecule has 2 fully saturated rings. The SMILES string of the molecule is C.O=C(CCCN1CCN(c2ccccc2Cl)CC1)NC1CCN(c2ccc(C(F)(F)F)cn2)CC1. The molecule has 2 aliphatic rings. The van der Waals surface area contributed by atoms with Gasteiger partial charge in [-0.25, -0.2) is 4.98 Å². The summed E-state index contributed by atoms with van der Waals surface area (Å²) in [6, 6.07) is 10.5. The molecule has 10 heteroatoms. The highest BCUT2D eigenvalue weighted by atomic mass is 35.5. The van der Waals surface area contributed by atoms with Crippen molar-refractivity contribution in [1.82, 2.24) is 15.2 Å². The first-order valence-electron chi connectivity index (χ1n) is 12.1. The number of halogens is 4. The Kier molecular flexibility index (Phi) is 9.84. The molecule has 6 nitrogen and oxygen atoms in total. The number of anilines is 2. The third-order valence-electron chi connectivity index (χ3n) is 6.70. The van der Waals surface area contributed by atoms with E-state index in [4.69, 9.17) is 11.6 Å². The fourth-order valence-corrected chi connectivity index (χ4v) is 4.93. The lowest BCUT2D eigenvalue weighted by atomic mass is 10.0. The molecule has 1 aromatic heterocycles. The van der Waals surface area contributed by atoms with Crippen molar-refractivity contribution < 1.29 is 18.0 Å². The number of hydrogen-bond donors (Lipinski definition) is 1. The van der Waals surface area contributed by atoms with Gasteiger partial charge in [0, 0.05) is 57.9 Å². The lowest BCUT2D eigenvalue weighted by Gasteiger charge is -2.36. The van der Waals surface area contributed by atoms with E-state index in [9.17, 15) is 18.0 Å². The standard InChI is InChI=1S/C25H31ClF3N5O.CH4/c26-21-4-1-2-5-22(21)33-16-14-32(15-17-33)11-3-6-24(35)31-20-9-12-34(13-10-20)23-8-7-19(18-30-23)25(27,28)29;/h1-2,4-5,7-8,18,20H,3,6,9-17H2,(H,31,35);1H4. The summed E-state index contributed by atoms with van der Waals surface area (Å²) < 4.78 is 38.2. The number of carbonyl (C=O) groups is 1. The highest BCUT2D eigenvalue weighted by Gasteiger charge is 2.31. The minimum atomic E-state index is -4.38. The normalized spacial score (nSPS) is 17.6. The lowest BCUT2D eigenvalue weighted by molar-refractivity contribution is -0.137. The van der Waals surface area contributed by atoms with E-state index >= 15 is 0 Å². The number of hydrogen-bond acceptors (Lipinski definition) is 5. The molecule has 1 N–H and O–H groups in total. The average molecular weight is 526 g/mol. The summed E-state index contributed by atoms with van der Waals surface area (Å²) >= 11 is 6.31. The summed E-state index contributed by atoms with van der Waals surface area (Å²) in [5.41, 5.74) is 0.333. The van der Waals surface area contributed by atoms with Gasteiger partial charge < -0.3 is 15.1 Å². The van der Waals surface area contributed by atoms with E-state index < -0.39 is 11.7 Å². The summed E-state index contributed by atoms with van der Waals surface area (Å²) in [6.07, 6.45) is -0.706. The van der Waals surface area contributed by atoms with Crippen LogP contribution >= 0.6 is 11.6 Å². The summed E-state index contributed by atoms with van der Waals surface area (Å²) in [7, 11) is 0. The predicted octanol–water partition coefficient (Wildman–Crippen LogP) is 5.08. The van der Waals surface area contributed by atoms with E-state index in [-0.39, 0.29) is 19.4 Å². The van der Waals surface area contributed by atoms with Crippen molar-refractivity contribution in [2.75, 3.05) is 55.6 Å². The number of alkyl halides is 3. The minimum absolute atomic E-state index is 0. The van der Waals surface area contributed by atoms with Gasteiger partial charge in [-0.15, -0.1) is 0 Å². The van der Waals surface area contributed by atoms with E-state index in [1.807, 2.05) is 29.2 Å². The number of piperazine rings is 1. The third kappa shape index (κ3) is 7.49. The molecule has 1 amide bonds. The van der Waals surface area contributed by atoms with Crippen molar-refractivity contribution in [3.63, 3.8) is 0 Å². The Hall–Kier alpha value is -2.52. The first-order valence-corrected chi connectivity index (χ1v) is 12.5. The van der Waals surface area contributed by atoms with Gasteiger partial charge in [0.05, 0.1) is 16.3 Å². The quantitative estimate of drug-likeness (QED) is 0.546. The van der Waals surface area contributed by atoms with Crippen molar-refractivity contribution in [1.29, 1.82) is 0 Å². The Balaban J connectivity index is 0.00000361. The van der Waals surface area contributed by atoms with Crippen LogP contribution in [0, 0.1) is 0 Å². The van der Waals surface area contributed by atoms with Crippen LogP contribution in [0.1, 0.15) is 38.7 Å². The van der Waals surface area contributed by atoms with Crippen LogP contribution in [-0.4, -0.2) is 67.6 Å². The Bertz CT molecular complexity index is 972. The monoisotopic (exact) mass is 525 g/mol. The second kappa shape index (κ2) is 12.6. The highest BCUT2D eigenvalue weighted by molar-refractivity contribution is 6.33. The first kappa shape index (κ1) is 28.1. The second-order valence-corrected chi connectivity index (χ2v) is 9.52. The summed E-state index contributed by atoms with van der Waals surface area (Å²) in [4.78, 5) is 23.0. The van der Waals surface area contributed by atoms with Gasteiger partial charge in [-0.1, -0.05) is 31.2 Å². The molecule has 0 aliphatic carbocycles. The fourth-order valence-electron chi connectivity index (χ4n) is 4.68. The zero-order chi connectivity index (χ0) is 24.8. The highest BCUT2D eigenvalue weighted by Crippen LogP contribution is 2.30. The predicted molar refractivity (Wildman–Crippen MR) is 139 cm³/mol. The number of para-hydroxylation sites is 1. The summed E-state index contributed by atoms with van der Waals surface area (Å²) in [5, 5.41) is 3.89.